The van der Waals surface area contributed by atoms with Crippen LogP contribution in [0.25, 0.3) is 0 Å². The lowest BCUT2D eigenvalue weighted by molar-refractivity contribution is 0.264. The van der Waals surface area contributed by atoms with E-state index in [-0.39, 0.29) is 0 Å². The van der Waals surface area contributed by atoms with Gasteiger partial charge in [0.1, 0.15) is 0 Å². The molecule has 0 spiro atoms. The Bertz CT molecular complexity index is 261. The Kier molecular flexibility index (Phi) is 3.33. The zero-order valence-electron chi connectivity index (χ0n) is 12.3. The van der Waals surface area contributed by atoms with Crippen LogP contribution in [0.2, 0.25) is 0 Å². The lowest BCUT2D eigenvalue weighted by Crippen LogP contribution is -2.53. The van der Waals surface area contributed by atoms with E-state index in [0.29, 0.717) is 16.4 Å². The molecule has 1 saturated carbocycles. The second-order valence-corrected chi connectivity index (χ2v) is 7.57. The fraction of sp³-hybridized carbons (Fsp3) is 1.00. The fourth-order valence-corrected chi connectivity index (χ4v) is 3.61. The molecular weight excluding hydrogens is 208 g/mol. The summed E-state index contributed by atoms with van der Waals surface area (Å²) >= 11 is 0. The third-order valence-corrected chi connectivity index (χ3v) is 5.89. The summed E-state index contributed by atoms with van der Waals surface area (Å²) in [5, 5.41) is 7.37. The Labute approximate surface area is 107 Å². The quantitative estimate of drug-likeness (QED) is 0.787. The summed E-state index contributed by atoms with van der Waals surface area (Å²) < 4.78 is 0. The number of hydrogen-bond acceptors (Lipinski definition) is 2. The van der Waals surface area contributed by atoms with E-state index in [1.807, 2.05) is 0 Å². The predicted octanol–water partition coefficient (Wildman–Crippen LogP) is 2.79. The van der Waals surface area contributed by atoms with E-state index in [1.165, 1.54) is 32.4 Å². The number of piperidine rings is 1. The summed E-state index contributed by atoms with van der Waals surface area (Å²) in [6, 6.07) is 0. The van der Waals surface area contributed by atoms with Crippen LogP contribution in [-0.2, 0) is 0 Å². The molecule has 1 aliphatic carbocycles. The summed E-state index contributed by atoms with van der Waals surface area (Å²) in [6.07, 6.45) is 4.04. The predicted molar refractivity (Wildman–Crippen MR) is 74.2 cm³/mol. The van der Waals surface area contributed by atoms with Gasteiger partial charge in [-0.05, 0) is 49.6 Å². The van der Waals surface area contributed by atoms with Gasteiger partial charge in [0.2, 0.25) is 0 Å². The van der Waals surface area contributed by atoms with E-state index in [4.69, 9.17) is 0 Å². The Hall–Kier alpha value is -0.0800. The van der Waals surface area contributed by atoms with Gasteiger partial charge in [0.25, 0.3) is 0 Å². The second-order valence-electron chi connectivity index (χ2n) is 7.57. The van der Waals surface area contributed by atoms with Crippen molar-refractivity contribution < 1.29 is 0 Å². The van der Waals surface area contributed by atoms with Crippen molar-refractivity contribution >= 4 is 0 Å². The first-order valence-corrected chi connectivity index (χ1v) is 7.25. The molecule has 0 aromatic heterocycles. The number of rotatable bonds is 4. The standard InChI is InChI=1S/C15H30N2/c1-13(2)12(14(13,3)4)10-16-11-15(5)8-6-7-9-17-15/h12,16-17H,6-11H2,1-5H3. The van der Waals surface area contributed by atoms with Crippen molar-refractivity contribution in [3.63, 3.8) is 0 Å². The summed E-state index contributed by atoms with van der Waals surface area (Å²) in [6.45, 7) is 15.5. The van der Waals surface area contributed by atoms with E-state index in [0.717, 1.165) is 12.5 Å². The van der Waals surface area contributed by atoms with E-state index < -0.39 is 0 Å². The zero-order valence-corrected chi connectivity index (χ0v) is 12.3. The van der Waals surface area contributed by atoms with Gasteiger partial charge in [-0.3, -0.25) is 0 Å². The molecule has 0 aromatic carbocycles. The lowest BCUT2D eigenvalue weighted by Gasteiger charge is -2.35. The van der Waals surface area contributed by atoms with E-state index in [1.54, 1.807) is 0 Å². The van der Waals surface area contributed by atoms with Gasteiger partial charge >= 0.3 is 0 Å². The largest absolute Gasteiger partial charge is 0.315 e. The van der Waals surface area contributed by atoms with Gasteiger partial charge in [0.05, 0.1) is 0 Å². The van der Waals surface area contributed by atoms with Crippen molar-refractivity contribution in [3.8, 4) is 0 Å². The molecule has 2 aliphatic rings. The van der Waals surface area contributed by atoms with Crippen molar-refractivity contribution in [3.05, 3.63) is 0 Å². The smallest absolute Gasteiger partial charge is 0.0277 e. The summed E-state index contributed by atoms with van der Waals surface area (Å²) in [5.41, 5.74) is 1.36. The van der Waals surface area contributed by atoms with Gasteiger partial charge in [-0.1, -0.05) is 34.1 Å². The maximum Gasteiger partial charge on any atom is 0.0277 e. The van der Waals surface area contributed by atoms with Crippen LogP contribution in [0, 0.1) is 16.7 Å². The van der Waals surface area contributed by atoms with Crippen molar-refractivity contribution in [2.45, 2.75) is 59.4 Å². The molecule has 2 fully saturated rings. The average molecular weight is 238 g/mol. The van der Waals surface area contributed by atoms with Crippen LogP contribution >= 0.6 is 0 Å². The van der Waals surface area contributed by atoms with Crippen LogP contribution in [0.4, 0.5) is 0 Å². The minimum Gasteiger partial charge on any atom is -0.315 e. The van der Waals surface area contributed by atoms with Gasteiger partial charge in [0.15, 0.2) is 0 Å². The van der Waals surface area contributed by atoms with Crippen molar-refractivity contribution in [2.75, 3.05) is 19.6 Å². The van der Waals surface area contributed by atoms with Gasteiger partial charge in [-0.2, -0.15) is 0 Å². The monoisotopic (exact) mass is 238 g/mol. The van der Waals surface area contributed by atoms with E-state index in [2.05, 4.69) is 45.3 Å². The first kappa shape index (κ1) is 13.4. The normalized spacial score (nSPS) is 35.8. The molecule has 1 saturated heterocycles. The summed E-state index contributed by atoms with van der Waals surface area (Å²) in [4.78, 5) is 0. The molecule has 100 valence electrons. The van der Waals surface area contributed by atoms with Crippen LogP contribution in [-0.4, -0.2) is 25.2 Å². The molecule has 2 N–H and O–H groups in total. The highest BCUT2D eigenvalue weighted by atomic mass is 15.0. The Morgan fingerprint density at radius 1 is 1.06 bits per heavy atom. The van der Waals surface area contributed by atoms with Crippen LogP contribution in [0.15, 0.2) is 0 Å². The van der Waals surface area contributed by atoms with Crippen LogP contribution < -0.4 is 10.6 Å². The average Bonchev–Trinajstić information content (AvgIpc) is 2.61. The molecule has 1 atom stereocenters. The summed E-state index contributed by atoms with van der Waals surface area (Å²) in [5.74, 6) is 0.835. The highest BCUT2D eigenvalue weighted by Gasteiger charge is 2.63. The molecule has 2 rings (SSSR count). The Morgan fingerprint density at radius 2 is 1.71 bits per heavy atom. The molecule has 0 radical (unpaired) electrons. The summed E-state index contributed by atoms with van der Waals surface area (Å²) in [7, 11) is 0. The van der Waals surface area contributed by atoms with Gasteiger partial charge in [0, 0.05) is 12.1 Å². The number of nitrogens with one attached hydrogen (secondary N) is 2. The molecule has 1 heterocycles. The highest BCUT2D eigenvalue weighted by molar-refractivity contribution is 5.13. The maximum absolute atomic E-state index is 3.71. The van der Waals surface area contributed by atoms with Crippen LogP contribution in [0.5, 0.6) is 0 Å². The van der Waals surface area contributed by atoms with Crippen molar-refractivity contribution in [1.29, 1.82) is 0 Å². The number of hydrogen-bond donors (Lipinski definition) is 2. The molecule has 17 heavy (non-hydrogen) atoms. The van der Waals surface area contributed by atoms with E-state index >= 15 is 0 Å². The topological polar surface area (TPSA) is 24.1 Å². The SMILES string of the molecule is CC1(CNCC2C(C)(C)C2(C)C)CCCCN1. The third kappa shape index (κ3) is 2.39. The molecule has 1 aliphatic heterocycles. The van der Waals surface area contributed by atoms with Crippen LogP contribution in [0.1, 0.15) is 53.9 Å². The van der Waals surface area contributed by atoms with Crippen molar-refractivity contribution in [2.24, 2.45) is 16.7 Å². The minimum atomic E-state index is 0.335. The first-order valence-electron chi connectivity index (χ1n) is 7.25. The molecule has 2 heteroatoms. The fourth-order valence-electron chi connectivity index (χ4n) is 3.61. The van der Waals surface area contributed by atoms with Crippen LogP contribution in [0.3, 0.4) is 0 Å². The van der Waals surface area contributed by atoms with Gasteiger partial charge in [-0.25, -0.2) is 0 Å². The molecule has 0 amide bonds. The molecular formula is C15H30N2. The maximum atomic E-state index is 3.71. The highest BCUT2D eigenvalue weighted by Crippen LogP contribution is 2.67. The lowest BCUT2D eigenvalue weighted by atomic mass is 9.91. The first-order chi connectivity index (χ1) is 7.80. The van der Waals surface area contributed by atoms with E-state index in [9.17, 15) is 0 Å². The molecule has 2 nitrogen and oxygen atoms in total. The molecule has 0 bridgehead atoms. The van der Waals surface area contributed by atoms with Crippen molar-refractivity contribution in [1.82, 2.24) is 10.6 Å². The Morgan fingerprint density at radius 3 is 2.18 bits per heavy atom. The molecule has 0 aromatic rings. The third-order valence-electron chi connectivity index (χ3n) is 5.89. The van der Waals surface area contributed by atoms with Gasteiger partial charge in [-0.15, -0.1) is 0 Å². The Balaban J connectivity index is 1.74. The van der Waals surface area contributed by atoms with Gasteiger partial charge < -0.3 is 10.6 Å². The minimum absolute atomic E-state index is 0.335. The zero-order chi connectivity index (χ0) is 12.7. The molecule has 1 unspecified atom stereocenters. The second kappa shape index (κ2) is 4.24.